The molecule has 1 rings (SSSR count). The Kier molecular flexibility index (Phi) is 9.91. The van der Waals surface area contributed by atoms with Gasteiger partial charge < -0.3 is 20.5 Å². The minimum absolute atomic E-state index is 0.325. The first kappa shape index (κ1) is 19.9. The van der Waals surface area contributed by atoms with Crippen LogP contribution in [0.25, 0.3) is 0 Å². The number of aliphatic imine (C=N–C) groups is 1. The van der Waals surface area contributed by atoms with Gasteiger partial charge in [-0.3, -0.25) is 0 Å². The second kappa shape index (κ2) is 11.4. The Bertz CT molecular complexity index is 433. The molecule has 3 N–H and O–H groups in total. The molecule has 1 unspecified atom stereocenters. The highest BCUT2D eigenvalue weighted by molar-refractivity contribution is 7.08. The van der Waals surface area contributed by atoms with Gasteiger partial charge in [0.15, 0.2) is 5.96 Å². The maximum atomic E-state index is 10.5. The van der Waals surface area contributed by atoms with Crippen LogP contribution in [0.3, 0.4) is 0 Å². The Hall–Kier alpha value is -1.11. The number of rotatable bonds is 11. The second-order valence-corrected chi connectivity index (χ2v) is 6.51. The van der Waals surface area contributed by atoms with Crippen LogP contribution in [0.15, 0.2) is 21.8 Å². The van der Waals surface area contributed by atoms with Crippen molar-refractivity contribution < 1.29 is 9.84 Å². The van der Waals surface area contributed by atoms with E-state index in [0.717, 1.165) is 50.7 Å². The van der Waals surface area contributed by atoms with Gasteiger partial charge in [0.05, 0.1) is 6.54 Å². The highest BCUT2D eigenvalue weighted by atomic mass is 32.1. The molecule has 0 aromatic carbocycles. The maximum absolute atomic E-state index is 10.5. The topological polar surface area (TPSA) is 65.9 Å². The Morgan fingerprint density at radius 1 is 1.30 bits per heavy atom. The molecule has 0 saturated heterocycles. The molecule has 132 valence electrons. The normalized spacial score (nSPS) is 14.5. The fraction of sp³-hybridized carbons (Fsp3) is 0.706. The van der Waals surface area contributed by atoms with Crippen molar-refractivity contribution in [2.45, 2.75) is 45.6 Å². The Labute approximate surface area is 144 Å². The zero-order valence-electron chi connectivity index (χ0n) is 14.6. The molecule has 0 saturated carbocycles. The lowest BCUT2D eigenvalue weighted by Gasteiger charge is -2.21. The average Bonchev–Trinajstić information content (AvgIpc) is 3.07. The SMILES string of the molecule is CCCCOCCCNC(=NCC(C)(O)c1ccsc1)NCC. The number of unbranched alkanes of at least 4 members (excludes halogenated alkanes) is 1. The van der Waals surface area contributed by atoms with Crippen molar-refractivity contribution in [3.63, 3.8) is 0 Å². The van der Waals surface area contributed by atoms with Crippen molar-refractivity contribution >= 4 is 17.3 Å². The molecule has 0 bridgehead atoms. The standard InChI is InChI=1S/C17H31N3O2S/c1-4-6-10-22-11-7-9-19-16(18-5-2)20-14-17(3,21)15-8-12-23-13-15/h8,12-13,21H,4-7,9-11,14H2,1-3H3,(H2,18,19,20). The first-order valence-electron chi connectivity index (χ1n) is 8.45. The third-order valence-electron chi connectivity index (χ3n) is 3.43. The zero-order chi connectivity index (χ0) is 17.0. The molecule has 23 heavy (non-hydrogen) atoms. The summed E-state index contributed by atoms with van der Waals surface area (Å²) in [6, 6.07) is 1.94. The van der Waals surface area contributed by atoms with Crippen molar-refractivity contribution in [3.05, 3.63) is 22.4 Å². The zero-order valence-corrected chi connectivity index (χ0v) is 15.4. The number of ether oxygens (including phenoxy) is 1. The molecular formula is C17H31N3O2S. The fourth-order valence-corrected chi connectivity index (χ4v) is 2.75. The first-order valence-corrected chi connectivity index (χ1v) is 9.39. The van der Waals surface area contributed by atoms with E-state index in [1.807, 2.05) is 23.8 Å². The number of hydrogen-bond donors (Lipinski definition) is 3. The third kappa shape index (κ3) is 8.34. The van der Waals surface area contributed by atoms with Crippen LogP contribution in [0.2, 0.25) is 0 Å². The van der Waals surface area contributed by atoms with Crippen molar-refractivity contribution in [2.75, 3.05) is 32.8 Å². The van der Waals surface area contributed by atoms with Crippen molar-refractivity contribution in [1.29, 1.82) is 0 Å². The number of thiophene rings is 1. The van der Waals surface area contributed by atoms with E-state index in [1.165, 1.54) is 6.42 Å². The molecule has 0 radical (unpaired) electrons. The van der Waals surface area contributed by atoms with Crippen LogP contribution >= 0.6 is 11.3 Å². The summed E-state index contributed by atoms with van der Waals surface area (Å²) in [6.45, 7) is 9.51. The summed E-state index contributed by atoms with van der Waals surface area (Å²) in [7, 11) is 0. The monoisotopic (exact) mass is 341 g/mol. The molecule has 0 aliphatic rings. The molecule has 1 heterocycles. The fourth-order valence-electron chi connectivity index (χ4n) is 1.97. The van der Waals surface area contributed by atoms with Gasteiger partial charge >= 0.3 is 0 Å². The summed E-state index contributed by atoms with van der Waals surface area (Å²) < 4.78 is 5.54. The van der Waals surface area contributed by atoms with Crippen LogP contribution in [0.1, 0.15) is 45.6 Å². The summed E-state index contributed by atoms with van der Waals surface area (Å²) in [4.78, 5) is 4.50. The number of nitrogens with zero attached hydrogens (tertiary/aromatic N) is 1. The smallest absolute Gasteiger partial charge is 0.191 e. The van der Waals surface area contributed by atoms with Gasteiger partial charge in [0.1, 0.15) is 5.60 Å². The van der Waals surface area contributed by atoms with Gasteiger partial charge in [-0.15, -0.1) is 0 Å². The highest BCUT2D eigenvalue weighted by Gasteiger charge is 2.23. The van der Waals surface area contributed by atoms with E-state index < -0.39 is 5.60 Å². The molecule has 0 fully saturated rings. The first-order chi connectivity index (χ1) is 11.1. The lowest BCUT2D eigenvalue weighted by Crippen LogP contribution is -2.39. The predicted octanol–water partition coefficient (Wildman–Crippen LogP) is 2.72. The van der Waals surface area contributed by atoms with Crippen LogP contribution in [0.5, 0.6) is 0 Å². The van der Waals surface area contributed by atoms with Gasteiger partial charge in [0, 0.05) is 26.3 Å². The van der Waals surface area contributed by atoms with Crippen LogP contribution in [-0.4, -0.2) is 43.9 Å². The van der Waals surface area contributed by atoms with E-state index >= 15 is 0 Å². The van der Waals surface area contributed by atoms with Gasteiger partial charge in [-0.1, -0.05) is 13.3 Å². The van der Waals surface area contributed by atoms with E-state index in [0.29, 0.717) is 6.54 Å². The Morgan fingerprint density at radius 2 is 2.09 bits per heavy atom. The third-order valence-corrected chi connectivity index (χ3v) is 4.12. The average molecular weight is 342 g/mol. The Morgan fingerprint density at radius 3 is 2.74 bits per heavy atom. The molecule has 1 aromatic rings. The number of hydrogen-bond acceptors (Lipinski definition) is 4. The van der Waals surface area contributed by atoms with Gasteiger partial charge in [0.25, 0.3) is 0 Å². The lowest BCUT2D eigenvalue weighted by molar-refractivity contribution is 0.0677. The molecule has 1 aromatic heterocycles. The molecule has 0 aliphatic carbocycles. The summed E-state index contributed by atoms with van der Waals surface area (Å²) in [5.41, 5.74) is -0.0301. The van der Waals surface area contributed by atoms with Crippen molar-refractivity contribution in [1.82, 2.24) is 10.6 Å². The summed E-state index contributed by atoms with van der Waals surface area (Å²) in [6.07, 6.45) is 3.23. The molecule has 0 spiro atoms. The molecule has 1 atom stereocenters. The van der Waals surface area contributed by atoms with Gasteiger partial charge in [-0.25, -0.2) is 4.99 Å². The lowest BCUT2D eigenvalue weighted by atomic mass is 10.00. The maximum Gasteiger partial charge on any atom is 0.191 e. The van der Waals surface area contributed by atoms with E-state index in [4.69, 9.17) is 4.74 Å². The van der Waals surface area contributed by atoms with Gasteiger partial charge in [-0.2, -0.15) is 11.3 Å². The number of aliphatic hydroxyl groups is 1. The van der Waals surface area contributed by atoms with E-state index in [1.54, 1.807) is 18.3 Å². The van der Waals surface area contributed by atoms with E-state index in [2.05, 4.69) is 22.5 Å². The number of guanidine groups is 1. The van der Waals surface area contributed by atoms with Crippen molar-refractivity contribution in [3.8, 4) is 0 Å². The van der Waals surface area contributed by atoms with Crippen LogP contribution in [-0.2, 0) is 10.3 Å². The molecule has 0 amide bonds. The van der Waals surface area contributed by atoms with Gasteiger partial charge in [-0.05, 0) is 49.1 Å². The summed E-state index contributed by atoms with van der Waals surface area (Å²) in [5.74, 6) is 0.733. The largest absolute Gasteiger partial charge is 0.383 e. The van der Waals surface area contributed by atoms with E-state index in [9.17, 15) is 5.11 Å². The molecular weight excluding hydrogens is 310 g/mol. The van der Waals surface area contributed by atoms with Crippen LogP contribution in [0.4, 0.5) is 0 Å². The number of nitrogens with one attached hydrogen (secondary N) is 2. The molecule has 0 aliphatic heterocycles. The highest BCUT2D eigenvalue weighted by Crippen LogP contribution is 2.23. The minimum Gasteiger partial charge on any atom is -0.383 e. The predicted molar refractivity (Wildman–Crippen MR) is 98.2 cm³/mol. The van der Waals surface area contributed by atoms with E-state index in [-0.39, 0.29) is 0 Å². The van der Waals surface area contributed by atoms with Crippen molar-refractivity contribution in [2.24, 2.45) is 4.99 Å². The summed E-state index contributed by atoms with van der Waals surface area (Å²) >= 11 is 1.58. The quantitative estimate of drug-likeness (QED) is 0.329. The van der Waals surface area contributed by atoms with Crippen LogP contribution in [0, 0.1) is 0 Å². The van der Waals surface area contributed by atoms with Gasteiger partial charge in [0.2, 0.25) is 0 Å². The second-order valence-electron chi connectivity index (χ2n) is 5.73. The minimum atomic E-state index is -0.939. The molecule has 6 heteroatoms. The Balaban J connectivity index is 2.35. The summed E-state index contributed by atoms with van der Waals surface area (Å²) in [5, 5.41) is 20.9. The van der Waals surface area contributed by atoms with Crippen LogP contribution < -0.4 is 10.6 Å². The molecule has 5 nitrogen and oxygen atoms in total.